The fourth-order valence-corrected chi connectivity index (χ4v) is 2.54. The van der Waals surface area contributed by atoms with Crippen LogP contribution in [0.5, 0.6) is 0 Å². The summed E-state index contributed by atoms with van der Waals surface area (Å²) in [6, 6.07) is 16.6. The number of halogens is 1. The highest BCUT2D eigenvalue weighted by atomic mass is 79.9. The molecule has 0 bridgehead atoms. The first-order chi connectivity index (χ1) is 13.0. The monoisotopic (exact) mass is 433 g/mol. The van der Waals surface area contributed by atoms with Gasteiger partial charge in [-0.2, -0.15) is 4.89 Å². The van der Waals surface area contributed by atoms with Crippen molar-refractivity contribution in [2.24, 2.45) is 0 Å². The average molecular weight is 434 g/mol. The molecule has 6 heteroatoms. The zero-order valence-electron chi connectivity index (χ0n) is 15.5. The molecule has 0 heterocycles. The summed E-state index contributed by atoms with van der Waals surface area (Å²) in [4.78, 5) is 32.5. The van der Waals surface area contributed by atoms with Crippen LogP contribution in [-0.4, -0.2) is 32.5 Å². The summed E-state index contributed by atoms with van der Waals surface area (Å²) in [5.74, 6) is -0.627. The lowest BCUT2D eigenvalue weighted by Crippen LogP contribution is -2.05. The molecule has 0 spiro atoms. The lowest BCUT2D eigenvalue weighted by atomic mass is 10.0. The van der Waals surface area contributed by atoms with E-state index in [1.807, 2.05) is 44.4 Å². The molecule has 0 aliphatic heterocycles. The molecule has 144 valence electrons. The van der Waals surface area contributed by atoms with Gasteiger partial charge in [0.2, 0.25) is 0 Å². The lowest BCUT2D eigenvalue weighted by Gasteiger charge is -2.10. The number of nitrogens with one attached hydrogen (secondary N) is 1. The minimum Gasteiger partial charge on any atom is -0.323 e. The number of hydrogen-bond donors (Lipinski definition) is 1. The third kappa shape index (κ3) is 8.30. The smallest absolute Gasteiger partial charge is 0.323 e. The maximum absolute atomic E-state index is 12.3. The topological polar surface area (TPSA) is 64.6 Å². The van der Waals surface area contributed by atoms with Crippen LogP contribution in [-0.2, 0) is 14.6 Å². The molecule has 0 aliphatic carbocycles. The Morgan fingerprint density at radius 3 is 2.19 bits per heavy atom. The Morgan fingerprint density at radius 2 is 1.63 bits per heavy atom. The Labute approximate surface area is 168 Å². The van der Waals surface area contributed by atoms with Crippen LogP contribution in [0.1, 0.15) is 32.7 Å². The molecule has 2 aromatic carbocycles. The molecule has 0 amide bonds. The standard InChI is InChI=1S/C19H17BrO4.C2H7N/c1-2-18(21)24-23-13-12-17(20)14-8-10-16(11-9-14)19(22)15-6-4-3-5-7-15;1-3-2/h2-11,17H,1,12-13H2;3H,1-2H3. The number of ketones is 1. The molecule has 1 N–H and O–H groups in total. The Morgan fingerprint density at radius 1 is 1.07 bits per heavy atom. The first-order valence-corrected chi connectivity index (χ1v) is 9.33. The van der Waals surface area contributed by atoms with Crippen molar-refractivity contribution in [1.29, 1.82) is 0 Å². The van der Waals surface area contributed by atoms with Gasteiger partial charge in [0, 0.05) is 22.0 Å². The number of carbonyl (C=O) groups is 2. The lowest BCUT2D eigenvalue weighted by molar-refractivity contribution is -0.267. The summed E-state index contributed by atoms with van der Waals surface area (Å²) in [6.07, 6.45) is 1.64. The van der Waals surface area contributed by atoms with Crippen molar-refractivity contribution in [3.05, 3.63) is 83.9 Å². The molecule has 0 fully saturated rings. The number of rotatable bonds is 8. The van der Waals surface area contributed by atoms with Gasteiger partial charge < -0.3 is 5.32 Å². The quantitative estimate of drug-likeness (QED) is 0.168. The fraction of sp³-hybridized carbons (Fsp3) is 0.238. The highest BCUT2D eigenvalue weighted by Crippen LogP contribution is 2.27. The van der Waals surface area contributed by atoms with Gasteiger partial charge in [-0.1, -0.05) is 77.1 Å². The molecule has 0 saturated heterocycles. The van der Waals surface area contributed by atoms with E-state index in [0.717, 1.165) is 11.6 Å². The molecule has 1 unspecified atom stereocenters. The normalized spacial score (nSPS) is 10.9. The summed E-state index contributed by atoms with van der Waals surface area (Å²) >= 11 is 3.55. The molecule has 1 atom stereocenters. The van der Waals surface area contributed by atoms with Crippen LogP contribution >= 0.6 is 15.9 Å². The van der Waals surface area contributed by atoms with Gasteiger partial charge in [-0.05, 0) is 26.1 Å². The Bertz CT molecular complexity index is 717. The van der Waals surface area contributed by atoms with Crippen LogP contribution in [0.2, 0.25) is 0 Å². The van der Waals surface area contributed by atoms with Crippen LogP contribution in [0, 0.1) is 0 Å². The van der Waals surface area contributed by atoms with Crippen molar-refractivity contribution in [3.8, 4) is 0 Å². The highest BCUT2D eigenvalue weighted by Gasteiger charge is 2.11. The van der Waals surface area contributed by atoms with E-state index in [1.165, 1.54) is 0 Å². The maximum atomic E-state index is 12.3. The van der Waals surface area contributed by atoms with Gasteiger partial charge in [0.05, 0.1) is 6.61 Å². The van der Waals surface area contributed by atoms with Crippen LogP contribution in [0.4, 0.5) is 0 Å². The third-order valence-corrected chi connectivity index (χ3v) is 4.32. The Balaban J connectivity index is 0.00000114. The van der Waals surface area contributed by atoms with Crippen LogP contribution in [0.15, 0.2) is 67.3 Å². The van der Waals surface area contributed by atoms with Crippen molar-refractivity contribution in [3.63, 3.8) is 0 Å². The van der Waals surface area contributed by atoms with Gasteiger partial charge in [0.15, 0.2) is 5.78 Å². The van der Waals surface area contributed by atoms with Gasteiger partial charge in [-0.15, -0.1) is 0 Å². The minimum atomic E-state index is -0.620. The van der Waals surface area contributed by atoms with Crippen molar-refractivity contribution < 1.29 is 19.4 Å². The zero-order chi connectivity index (χ0) is 20.1. The van der Waals surface area contributed by atoms with Gasteiger partial charge >= 0.3 is 5.97 Å². The number of hydrogen-bond acceptors (Lipinski definition) is 5. The maximum Gasteiger partial charge on any atom is 0.365 e. The predicted octanol–water partition coefficient (Wildman–Crippen LogP) is 4.24. The van der Waals surface area contributed by atoms with Crippen molar-refractivity contribution in [2.75, 3.05) is 20.7 Å². The first-order valence-electron chi connectivity index (χ1n) is 8.41. The summed E-state index contributed by atoms with van der Waals surface area (Å²) < 4.78 is 0. The molecule has 0 aliphatic rings. The zero-order valence-corrected chi connectivity index (χ0v) is 17.1. The van der Waals surface area contributed by atoms with Crippen LogP contribution in [0.25, 0.3) is 0 Å². The Hall–Kier alpha value is -2.28. The number of benzene rings is 2. The SMILES string of the molecule is C=CC(=O)OOCCC(Br)c1ccc(C(=O)c2ccccc2)cc1.CNC. The molecular weight excluding hydrogens is 410 g/mol. The third-order valence-electron chi connectivity index (χ3n) is 3.33. The number of carbonyl (C=O) groups excluding carboxylic acids is 2. The van der Waals surface area contributed by atoms with Crippen molar-refractivity contribution in [1.82, 2.24) is 5.32 Å². The Kier molecular flexibility index (Phi) is 10.9. The second-order valence-corrected chi connectivity index (χ2v) is 6.61. The summed E-state index contributed by atoms with van der Waals surface area (Å²) in [7, 11) is 3.75. The summed E-state index contributed by atoms with van der Waals surface area (Å²) in [5, 5.41) is 2.75. The van der Waals surface area contributed by atoms with E-state index in [9.17, 15) is 9.59 Å². The van der Waals surface area contributed by atoms with E-state index < -0.39 is 5.97 Å². The highest BCUT2D eigenvalue weighted by molar-refractivity contribution is 9.09. The summed E-state index contributed by atoms with van der Waals surface area (Å²) in [6.45, 7) is 3.53. The van der Waals surface area contributed by atoms with Gasteiger partial charge in [0.1, 0.15) is 0 Å². The molecule has 2 rings (SSSR count). The van der Waals surface area contributed by atoms with Gasteiger partial charge in [0.25, 0.3) is 0 Å². The van der Waals surface area contributed by atoms with Crippen LogP contribution in [0.3, 0.4) is 0 Å². The second-order valence-electron chi connectivity index (χ2n) is 5.50. The van der Waals surface area contributed by atoms with E-state index in [1.54, 1.807) is 24.3 Å². The molecule has 5 nitrogen and oxygen atoms in total. The molecule has 0 aromatic heterocycles. The van der Waals surface area contributed by atoms with E-state index in [2.05, 4.69) is 32.7 Å². The van der Waals surface area contributed by atoms with E-state index in [0.29, 0.717) is 17.5 Å². The van der Waals surface area contributed by atoms with E-state index in [-0.39, 0.29) is 17.2 Å². The molecular formula is C21H24BrNO4. The van der Waals surface area contributed by atoms with Gasteiger partial charge in [-0.3, -0.25) is 9.68 Å². The minimum absolute atomic E-state index is 0.00653. The first kappa shape index (κ1) is 22.8. The van der Waals surface area contributed by atoms with Gasteiger partial charge in [-0.25, -0.2) is 4.79 Å². The molecule has 27 heavy (non-hydrogen) atoms. The van der Waals surface area contributed by atoms with E-state index in [4.69, 9.17) is 4.89 Å². The summed E-state index contributed by atoms with van der Waals surface area (Å²) in [5.41, 5.74) is 2.32. The second kappa shape index (κ2) is 13.0. The van der Waals surface area contributed by atoms with Crippen molar-refractivity contribution >= 4 is 27.7 Å². The molecule has 0 radical (unpaired) electrons. The largest absolute Gasteiger partial charge is 0.365 e. The predicted molar refractivity (Wildman–Crippen MR) is 110 cm³/mol. The van der Waals surface area contributed by atoms with Crippen LogP contribution < -0.4 is 5.32 Å². The molecule has 2 aromatic rings. The average Bonchev–Trinajstić information content (AvgIpc) is 2.71. The van der Waals surface area contributed by atoms with Crippen molar-refractivity contribution in [2.45, 2.75) is 11.2 Å². The fourth-order valence-electron chi connectivity index (χ4n) is 2.05. The van der Waals surface area contributed by atoms with E-state index >= 15 is 0 Å². The molecule has 0 saturated carbocycles. The number of alkyl halides is 1.